The Kier molecular flexibility index (Phi) is 4.11. The fraction of sp³-hybridized carbons (Fsp3) is 0.200. The van der Waals surface area contributed by atoms with Gasteiger partial charge < -0.3 is 9.67 Å². The van der Waals surface area contributed by atoms with Crippen molar-refractivity contribution in [2.45, 2.75) is 11.7 Å². The molecular weight excluding hydrogens is 274 g/mol. The number of aromatic nitrogens is 3. The predicted molar refractivity (Wildman–Crippen MR) is 68.1 cm³/mol. The Hall–Kier alpha value is -1.67. The van der Waals surface area contributed by atoms with Crippen molar-refractivity contribution in [2.75, 3.05) is 5.75 Å². The van der Waals surface area contributed by atoms with Crippen LogP contribution in [0.25, 0.3) is 0 Å². The fourth-order valence-electron chi connectivity index (χ4n) is 1.25. The molecule has 0 fully saturated rings. The van der Waals surface area contributed by atoms with E-state index in [-0.39, 0.29) is 11.3 Å². The standard InChI is InChI=1S/C10H9N3O3S2/c14-7-1-3-13(5-8-11-2-4-17-8)10(12-7)18-6-9(15)16/h1-4H,5-6H2,(H,15,16). The molecule has 8 heteroatoms. The van der Waals surface area contributed by atoms with Crippen LogP contribution >= 0.6 is 23.1 Å². The summed E-state index contributed by atoms with van der Waals surface area (Å²) in [5, 5.41) is 11.8. The minimum absolute atomic E-state index is 0.131. The Morgan fingerprint density at radius 3 is 3.06 bits per heavy atom. The number of aliphatic carboxylic acids is 1. The summed E-state index contributed by atoms with van der Waals surface area (Å²) in [7, 11) is 0. The van der Waals surface area contributed by atoms with Crippen LogP contribution in [0.3, 0.4) is 0 Å². The van der Waals surface area contributed by atoms with E-state index in [1.54, 1.807) is 17.0 Å². The average molecular weight is 283 g/mol. The fourth-order valence-corrected chi connectivity index (χ4v) is 2.56. The SMILES string of the molecule is O=C(O)CSc1nc(=O)ccn1Cc1nccs1. The van der Waals surface area contributed by atoms with Gasteiger partial charge in [0, 0.05) is 23.8 Å². The molecule has 0 saturated heterocycles. The van der Waals surface area contributed by atoms with E-state index in [4.69, 9.17) is 5.11 Å². The van der Waals surface area contributed by atoms with Gasteiger partial charge in [-0.1, -0.05) is 11.8 Å². The molecule has 18 heavy (non-hydrogen) atoms. The van der Waals surface area contributed by atoms with E-state index >= 15 is 0 Å². The number of rotatable bonds is 5. The first-order valence-electron chi connectivity index (χ1n) is 4.95. The van der Waals surface area contributed by atoms with E-state index in [0.29, 0.717) is 11.7 Å². The van der Waals surface area contributed by atoms with E-state index in [1.807, 2.05) is 5.38 Å². The first-order valence-corrected chi connectivity index (χ1v) is 6.82. The van der Waals surface area contributed by atoms with E-state index in [1.165, 1.54) is 17.4 Å². The van der Waals surface area contributed by atoms with Crippen molar-refractivity contribution in [3.63, 3.8) is 0 Å². The van der Waals surface area contributed by atoms with Crippen molar-refractivity contribution in [3.05, 3.63) is 39.2 Å². The predicted octanol–water partition coefficient (Wildman–Crippen LogP) is 0.925. The Labute approximate surface area is 110 Å². The Balaban J connectivity index is 2.22. The summed E-state index contributed by atoms with van der Waals surface area (Å²) in [5.74, 6) is -1.08. The number of hydrogen-bond donors (Lipinski definition) is 1. The van der Waals surface area contributed by atoms with Crippen molar-refractivity contribution in [1.82, 2.24) is 14.5 Å². The summed E-state index contributed by atoms with van der Waals surface area (Å²) >= 11 is 2.51. The van der Waals surface area contributed by atoms with Gasteiger partial charge in [0.1, 0.15) is 5.01 Å². The lowest BCUT2D eigenvalue weighted by Crippen LogP contribution is -2.14. The number of nitrogens with zero attached hydrogens (tertiary/aromatic N) is 3. The van der Waals surface area contributed by atoms with Crippen LogP contribution in [0, 0.1) is 0 Å². The van der Waals surface area contributed by atoms with Crippen LogP contribution in [0.1, 0.15) is 5.01 Å². The van der Waals surface area contributed by atoms with Crippen LogP contribution in [0.5, 0.6) is 0 Å². The molecule has 0 amide bonds. The molecule has 0 aliphatic heterocycles. The normalized spacial score (nSPS) is 10.4. The molecule has 2 heterocycles. The molecule has 0 spiro atoms. The maximum Gasteiger partial charge on any atom is 0.313 e. The molecule has 0 bridgehead atoms. The minimum atomic E-state index is -0.945. The molecule has 94 valence electrons. The van der Waals surface area contributed by atoms with Crippen LogP contribution in [-0.2, 0) is 11.3 Å². The van der Waals surface area contributed by atoms with Gasteiger partial charge in [-0.3, -0.25) is 9.59 Å². The van der Waals surface area contributed by atoms with E-state index < -0.39 is 5.97 Å². The average Bonchev–Trinajstić information content (AvgIpc) is 2.82. The summed E-state index contributed by atoms with van der Waals surface area (Å²) in [4.78, 5) is 29.7. The zero-order valence-corrected chi connectivity index (χ0v) is 10.8. The lowest BCUT2D eigenvalue weighted by molar-refractivity contribution is -0.133. The smallest absolute Gasteiger partial charge is 0.313 e. The highest BCUT2D eigenvalue weighted by atomic mass is 32.2. The van der Waals surface area contributed by atoms with Gasteiger partial charge in [0.15, 0.2) is 5.16 Å². The molecule has 0 aliphatic carbocycles. The molecule has 6 nitrogen and oxygen atoms in total. The van der Waals surface area contributed by atoms with Crippen LogP contribution in [0.4, 0.5) is 0 Å². The molecule has 0 aromatic carbocycles. The van der Waals surface area contributed by atoms with Gasteiger partial charge in [-0.15, -0.1) is 11.3 Å². The summed E-state index contributed by atoms with van der Waals surface area (Å²) in [5.41, 5.74) is -0.377. The quantitative estimate of drug-likeness (QED) is 0.649. The Bertz CT molecular complexity index is 595. The number of thioether (sulfide) groups is 1. The zero-order chi connectivity index (χ0) is 13.0. The van der Waals surface area contributed by atoms with Crippen LogP contribution < -0.4 is 5.56 Å². The topological polar surface area (TPSA) is 85.1 Å². The number of hydrogen-bond acceptors (Lipinski definition) is 6. The maximum absolute atomic E-state index is 11.2. The second kappa shape index (κ2) is 5.78. The lowest BCUT2D eigenvalue weighted by atomic mass is 10.6. The summed E-state index contributed by atoms with van der Waals surface area (Å²) in [6, 6.07) is 1.35. The van der Waals surface area contributed by atoms with Gasteiger partial charge in [0.05, 0.1) is 12.3 Å². The summed E-state index contributed by atoms with van der Waals surface area (Å²) in [6.07, 6.45) is 3.29. The van der Waals surface area contributed by atoms with Crippen LogP contribution in [-0.4, -0.2) is 31.4 Å². The van der Waals surface area contributed by atoms with Gasteiger partial charge in [-0.2, -0.15) is 4.98 Å². The number of thiazole rings is 1. The van der Waals surface area contributed by atoms with Gasteiger partial charge in [-0.05, 0) is 0 Å². The number of carboxylic acids is 1. The second-order valence-corrected chi connectivity index (χ2v) is 5.21. The molecule has 2 rings (SSSR count). The molecule has 0 radical (unpaired) electrons. The van der Waals surface area contributed by atoms with Crippen molar-refractivity contribution < 1.29 is 9.90 Å². The molecule has 0 aliphatic rings. The van der Waals surface area contributed by atoms with E-state index in [9.17, 15) is 9.59 Å². The van der Waals surface area contributed by atoms with Gasteiger partial charge in [0.2, 0.25) is 0 Å². The second-order valence-electron chi connectivity index (χ2n) is 3.28. The Morgan fingerprint density at radius 1 is 1.56 bits per heavy atom. The van der Waals surface area contributed by atoms with Crippen molar-refractivity contribution in [3.8, 4) is 0 Å². The third-order valence-corrected chi connectivity index (χ3v) is 3.70. The zero-order valence-electron chi connectivity index (χ0n) is 9.15. The minimum Gasteiger partial charge on any atom is -0.481 e. The summed E-state index contributed by atoms with van der Waals surface area (Å²) < 4.78 is 1.72. The van der Waals surface area contributed by atoms with E-state index in [0.717, 1.165) is 16.8 Å². The third kappa shape index (κ3) is 3.41. The highest BCUT2D eigenvalue weighted by Crippen LogP contribution is 2.15. The highest BCUT2D eigenvalue weighted by molar-refractivity contribution is 7.99. The summed E-state index contributed by atoms with van der Waals surface area (Å²) in [6.45, 7) is 0.479. The third-order valence-electron chi connectivity index (χ3n) is 1.96. The van der Waals surface area contributed by atoms with Crippen LogP contribution in [0.15, 0.2) is 33.8 Å². The maximum atomic E-state index is 11.2. The van der Waals surface area contributed by atoms with Gasteiger partial charge in [-0.25, -0.2) is 4.98 Å². The number of carboxylic acid groups (broad SMARTS) is 1. The molecule has 1 N–H and O–H groups in total. The lowest BCUT2D eigenvalue weighted by Gasteiger charge is -2.08. The number of carbonyl (C=O) groups is 1. The molecule has 2 aromatic heterocycles. The first-order chi connectivity index (χ1) is 8.65. The van der Waals surface area contributed by atoms with Gasteiger partial charge in [0.25, 0.3) is 5.56 Å². The highest BCUT2D eigenvalue weighted by Gasteiger charge is 2.08. The first kappa shape index (κ1) is 12.8. The van der Waals surface area contributed by atoms with Crippen molar-refractivity contribution in [2.24, 2.45) is 0 Å². The van der Waals surface area contributed by atoms with Crippen molar-refractivity contribution >= 4 is 29.1 Å². The van der Waals surface area contributed by atoms with E-state index in [2.05, 4.69) is 9.97 Å². The monoisotopic (exact) mass is 283 g/mol. The molecular formula is C10H9N3O3S2. The molecule has 0 unspecified atom stereocenters. The Morgan fingerprint density at radius 2 is 2.39 bits per heavy atom. The molecule has 0 saturated carbocycles. The van der Waals surface area contributed by atoms with Gasteiger partial charge >= 0.3 is 5.97 Å². The molecule has 2 aromatic rings. The van der Waals surface area contributed by atoms with Crippen molar-refractivity contribution in [1.29, 1.82) is 0 Å². The largest absolute Gasteiger partial charge is 0.481 e. The molecule has 0 atom stereocenters. The van der Waals surface area contributed by atoms with Crippen LogP contribution in [0.2, 0.25) is 0 Å².